The zero-order valence-electron chi connectivity index (χ0n) is 21.4. The fourth-order valence-corrected chi connectivity index (χ4v) is 4.34. The molecule has 1 aromatic carbocycles. The van der Waals surface area contributed by atoms with E-state index < -0.39 is 5.60 Å². The molecule has 1 fully saturated rings. The quantitative estimate of drug-likeness (QED) is 0.415. The van der Waals surface area contributed by atoms with E-state index in [-0.39, 0.29) is 17.9 Å². The minimum Gasteiger partial charge on any atom is -0.444 e. The van der Waals surface area contributed by atoms with Crippen molar-refractivity contribution in [3.8, 4) is 11.4 Å². The van der Waals surface area contributed by atoms with Crippen LogP contribution in [0.15, 0.2) is 53.3 Å². The molecule has 1 saturated heterocycles. The number of pyridine rings is 1. The van der Waals surface area contributed by atoms with Crippen molar-refractivity contribution in [2.75, 3.05) is 18.4 Å². The van der Waals surface area contributed by atoms with Crippen LogP contribution in [0.25, 0.3) is 17.0 Å². The Morgan fingerprint density at radius 2 is 1.92 bits per heavy atom. The van der Waals surface area contributed by atoms with E-state index in [1.54, 1.807) is 21.7 Å². The van der Waals surface area contributed by atoms with Crippen molar-refractivity contribution in [2.45, 2.75) is 52.1 Å². The number of nitrogens with zero attached hydrogens (tertiary/aromatic N) is 5. The third-order valence-electron chi connectivity index (χ3n) is 6.33. The van der Waals surface area contributed by atoms with Gasteiger partial charge in [0.2, 0.25) is 11.7 Å². The topological polar surface area (TPSA) is 115 Å². The normalized spacial score (nSPS) is 14.6. The second kappa shape index (κ2) is 9.68. The lowest BCUT2D eigenvalue weighted by molar-refractivity contribution is 0.0198. The predicted molar refractivity (Wildman–Crippen MR) is 137 cm³/mol. The Hall–Kier alpha value is -4.21. The highest BCUT2D eigenvalue weighted by Gasteiger charge is 2.30. The zero-order valence-corrected chi connectivity index (χ0v) is 21.4. The number of benzene rings is 1. The Morgan fingerprint density at radius 3 is 2.68 bits per heavy atom. The minimum absolute atomic E-state index is 0.0692. The van der Waals surface area contributed by atoms with Crippen LogP contribution in [0.3, 0.4) is 0 Å². The molecule has 4 aromatic rings. The SMILES string of the molecule is Cc1ccc(-c2noc(C3CCN(C(=O)OC(C)(C)C)CC3)n2)cc1NC(=O)c1cnc2ccccn12. The van der Waals surface area contributed by atoms with Crippen LogP contribution in [0.4, 0.5) is 10.5 Å². The van der Waals surface area contributed by atoms with Gasteiger partial charge in [0.1, 0.15) is 16.9 Å². The van der Waals surface area contributed by atoms with Gasteiger partial charge in [0.15, 0.2) is 0 Å². The van der Waals surface area contributed by atoms with Gasteiger partial charge in [-0.2, -0.15) is 4.98 Å². The van der Waals surface area contributed by atoms with Gasteiger partial charge in [-0.1, -0.05) is 23.4 Å². The van der Waals surface area contributed by atoms with E-state index in [2.05, 4.69) is 20.4 Å². The van der Waals surface area contributed by atoms with Gasteiger partial charge in [-0.3, -0.25) is 9.20 Å². The maximum atomic E-state index is 13.0. The number of ether oxygens (including phenoxy) is 1. The molecule has 0 saturated carbocycles. The van der Waals surface area contributed by atoms with Crippen LogP contribution < -0.4 is 5.32 Å². The molecule has 0 atom stereocenters. The van der Waals surface area contributed by atoms with Crippen LogP contribution in [0.1, 0.15) is 61.5 Å². The lowest BCUT2D eigenvalue weighted by Gasteiger charge is -2.32. The number of fused-ring (bicyclic) bond motifs is 1. The summed E-state index contributed by atoms with van der Waals surface area (Å²) >= 11 is 0. The van der Waals surface area contributed by atoms with Crippen molar-refractivity contribution in [3.63, 3.8) is 0 Å². The largest absolute Gasteiger partial charge is 0.444 e. The van der Waals surface area contributed by atoms with Gasteiger partial charge in [0.25, 0.3) is 5.91 Å². The molecule has 0 radical (unpaired) electrons. The molecule has 1 aliphatic heterocycles. The summed E-state index contributed by atoms with van der Waals surface area (Å²) in [4.78, 5) is 36.0. The number of carbonyl (C=O) groups excluding carboxylic acids is 2. The summed E-state index contributed by atoms with van der Waals surface area (Å²) in [5.74, 6) is 0.815. The van der Waals surface area contributed by atoms with Gasteiger partial charge >= 0.3 is 6.09 Å². The van der Waals surface area contributed by atoms with Crippen molar-refractivity contribution in [1.82, 2.24) is 24.4 Å². The second-order valence-electron chi connectivity index (χ2n) is 10.3. The summed E-state index contributed by atoms with van der Waals surface area (Å²) in [6, 6.07) is 11.2. The molecule has 10 heteroatoms. The zero-order chi connectivity index (χ0) is 26.2. The lowest BCUT2D eigenvalue weighted by Crippen LogP contribution is -2.41. The monoisotopic (exact) mass is 502 g/mol. The first-order chi connectivity index (χ1) is 17.7. The van der Waals surface area contributed by atoms with Gasteiger partial charge in [-0.05, 0) is 64.3 Å². The van der Waals surface area contributed by atoms with E-state index in [0.717, 1.165) is 24.0 Å². The number of amides is 2. The first-order valence-corrected chi connectivity index (χ1v) is 12.3. The molecule has 3 aromatic heterocycles. The molecule has 0 bridgehead atoms. The number of nitrogens with one attached hydrogen (secondary N) is 1. The third-order valence-corrected chi connectivity index (χ3v) is 6.33. The molecule has 0 spiro atoms. The fourth-order valence-electron chi connectivity index (χ4n) is 4.34. The molecular formula is C27H30N6O4. The number of carbonyl (C=O) groups is 2. The smallest absolute Gasteiger partial charge is 0.410 e. The lowest BCUT2D eigenvalue weighted by atomic mass is 9.97. The Morgan fingerprint density at radius 1 is 1.14 bits per heavy atom. The standard InChI is InChI=1S/C27H30N6O4/c1-17-8-9-19(15-20(17)29-24(34)21-16-28-22-7-5-6-12-33(21)22)23-30-25(37-31-23)18-10-13-32(14-11-18)26(35)36-27(2,3)4/h5-9,12,15-16,18H,10-11,13-14H2,1-4H3,(H,29,34). The molecular weight excluding hydrogens is 472 g/mol. The molecule has 5 rings (SSSR count). The van der Waals surface area contributed by atoms with Crippen LogP contribution in [-0.4, -0.2) is 55.1 Å². The van der Waals surface area contributed by atoms with Crippen LogP contribution in [0, 0.1) is 6.92 Å². The van der Waals surface area contributed by atoms with Crippen molar-refractivity contribution in [1.29, 1.82) is 0 Å². The van der Waals surface area contributed by atoms with Crippen LogP contribution >= 0.6 is 0 Å². The summed E-state index contributed by atoms with van der Waals surface area (Å²) in [5, 5.41) is 7.17. The number of piperidine rings is 1. The van der Waals surface area contributed by atoms with Gasteiger partial charge in [-0.15, -0.1) is 0 Å². The number of hydrogen-bond donors (Lipinski definition) is 1. The van der Waals surface area contributed by atoms with Gasteiger partial charge in [0, 0.05) is 36.5 Å². The molecule has 0 unspecified atom stereocenters. The van der Waals surface area contributed by atoms with E-state index in [0.29, 0.717) is 41.8 Å². The Labute approximate surface area is 214 Å². The maximum Gasteiger partial charge on any atom is 0.410 e. The maximum absolute atomic E-state index is 13.0. The number of likely N-dealkylation sites (tertiary alicyclic amines) is 1. The summed E-state index contributed by atoms with van der Waals surface area (Å²) in [7, 11) is 0. The Kier molecular flexibility index (Phi) is 6.41. The minimum atomic E-state index is -0.519. The van der Waals surface area contributed by atoms with E-state index in [4.69, 9.17) is 9.26 Å². The second-order valence-corrected chi connectivity index (χ2v) is 10.3. The first kappa shape index (κ1) is 24.5. The van der Waals surface area contributed by atoms with Gasteiger partial charge in [-0.25, -0.2) is 9.78 Å². The number of imidazole rings is 1. The average Bonchev–Trinajstić information content (AvgIpc) is 3.52. The fraction of sp³-hybridized carbons (Fsp3) is 0.370. The average molecular weight is 503 g/mol. The van der Waals surface area contributed by atoms with Crippen LogP contribution in [0.5, 0.6) is 0 Å². The number of hydrogen-bond acceptors (Lipinski definition) is 7. The molecule has 1 aliphatic rings. The number of aromatic nitrogens is 4. The number of anilines is 1. The van der Waals surface area contributed by atoms with Crippen molar-refractivity contribution in [3.05, 3.63) is 65.9 Å². The molecule has 37 heavy (non-hydrogen) atoms. The van der Waals surface area contributed by atoms with Crippen LogP contribution in [0.2, 0.25) is 0 Å². The molecule has 0 aliphatic carbocycles. The highest BCUT2D eigenvalue weighted by molar-refractivity contribution is 6.04. The predicted octanol–water partition coefficient (Wildman–Crippen LogP) is 5.06. The van der Waals surface area contributed by atoms with E-state index in [1.807, 2.05) is 64.1 Å². The van der Waals surface area contributed by atoms with Crippen molar-refractivity contribution >= 4 is 23.3 Å². The molecule has 192 valence electrons. The van der Waals surface area contributed by atoms with Gasteiger partial charge < -0.3 is 19.5 Å². The number of aryl methyl sites for hydroxylation is 1. The number of rotatable bonds is 4. The summed E-state index contributed by atoms with van der Waals surface area (Å²) in [6.45, 7) is 8.65. The molecule has 10 nitrogen and oxygen atoms in total. The van der Waals surface area contributed by atoms with E-state index in [9.17, 15) is 9.59 Å². The van der Waals surface area contributed by atoms with Crippen molar-refractivity contribution in [2.24, 2.45) is 0 Å². The first-order valence-electron chi connectivity index (χ1n) is 12.3. The van der Waals surface area contributed by atoms with E-state index in [1.165, 1.54) is 0 Å². The highest BCUT2D eigenvalue weighted by Crippen LogP contribution is 2.30. The molecule has 4 heterocycles. The third kappa shape index (κ3) is 5.32. The Balaban J connectivity index is 1.27. The molecule has 2 amide bonds. The highest BCUT2D eigenvalue weighted by atomic mass is 16.6. The van der Waals surface area contributed by atoms with Crippen LogP contribution in [-0.2, 0) is 4.74 Å². The Bertz CT molecular complexity index is 1440. The van der Waals surface area contributed by atoms with E-state index >= 15 is 0 Å². The van der Waals surface area contributed by atoms with Crippen molar-refractivity contribution < 1.29 is 18.8 Å². The summed E-state index contributed by atoms with van der Waals surface area (Å²) in [5.41, 5.74) is 2.93. The summed E-state index contributed by atoms with van der Waals surface area (Å²) < 4.78 is 12.8. The summed E-state index contributed by atoms with van der Waals surface area (Å²) in [6.07, 6.45) is 4.50. The molecule has 1 N–H and O–H groups in total. The van der Waals surface area contributed by atoms with Gasteiger partial charge in [0.05, 0.1) is 6.20 Å².